The van der Waals surface area contributed by atoms with Gasteiger partial charge in [-0.25, -0.2) is 13.2 Å². The largest absolute Gasteiger partial charge is 0.239 e. The van der Waals surface area contributed by atoms with Crippen molar-refractivity contribution in [2.45, 2.75) is 71.1 Å². The SMILES string of the molecule is CC1=CC=C(c2ccc(-c3ccc(C4=CCC(C5CCC(C)CC5)CC4)c(F)c3)cc2)C(F)C1F. The summed E-state index contributed by atoms with van der Waals surface area (Å²) in [6.45, 7) is 3.97. The van der Waals surface area contributed by atoms with Gasteiger partial charge in [0, 0.05) is 5.56 Å². The zero-order valence-corrected chi connectivity index (χ0v) is 20.7. The van der Waals surface area contributed by atoms with Crippen molar-refractivity contribution >= 4 is 11.1 Å². The second-order valence-electron chi connectivity index (χ2n) is 10.9. The maximum absolute atomic E-state index is 15.2. The van der Waals surface area contributed by atoms with Crippen molar-refractivity contribution < 1.29 is 13.2 Å². The van der Waals surface area contributed by atoms with Crippen molar-refractivity contribution in [1.29, 1.82) is 0 Å². The molecule has 5 rings (SSSR count). The number of allylic oxidation sites excluding steroid dienone is 6. The van der Waals surface area contributed by atoms with E-state index in [-0.39, 0.29) is 5.82 Å². The molecule has 1 fully saturated rings. The lowest BCUT2D eigenvalue weighted by Gasteiger charge is -2.34. The van der Waals surface area contributed by atoms with Crippen molar-refractivity contribution in [3.05, 3.63) is 83.2 Å². The van der Waals surface area contributed by atoms with E-state index in [0.717, 1.165) is 53.7 Å². The first-order valence-electron chi connectivity index (χ1n) is 13.2. The Morgan fingerprint density at radius 2 is 1.43 bits per heavy atom. The van der Waals surface area contributed by atoms with Crippen LogP contribution in [0, 0.1) is 23.6 Å². The number of hydrogen-bond acceptors (Lipinski definition) is 0. The van der Waals surface area contributed by atoms with Gasteiger partial charge in [-0.3, -0.25) is 0 Å². The fourth-order valence-electron chi connectivity index (χ4n) is 6.14. The Morgan fingerprint density at radius 1 is 0.743 bits per heavy atom. The third-order valence-corrected chi connectivity index (χ3v) is 8.56. The van der Waals surface area contributed by atoms with Gasteiger partial charge in [-0.05, 0) is 96.3 Å². The summed E-state index contributed by atoms with van der Waals surface area (Å²) in [5, 5.41) is 0. The average molecular weight is 477 g/mol. The van der Waals surface area contributed by atoms with Gasteiger partial charge >= 0.3 is 0 Å². The highest BCUT2D eigenvalue weighted by Crippen LogP contribution is 2.42. The molecule has 0 aromatic heterocycles. The molecule has 0 N–H and O–H groups in total. The minimum absolute atomic E-state index is 0.192. The monoisotopic (exact) mass is 476 g/mol. The molecular formula is C32H35F3. The molecule has 0 amide bonds. The Hall–Kier alpha value is -2.55. The van der Waals surface area contributed by atoms with Gasteiger partial charge in [0.15, 0.2) is 12.3 Å². The Morgan fingerprint density at radius 3 is 2.09 bits per heavy atom. The van der Waals surface area contributed by atoms with Gasteiger partial charge in [0.2, 0.25) is 0 Å². The molecule has 1 saturated carbocycles. The predicted molar refractivity (Wildman–Crippen MR) is 140 cm³/mol. The zero-order chi connectivity index (χ0) is 24.5. The van der Waals surface area contributed by atoms with Gasteiger partial charge in [0.1, 0.15) is 5.82 Å². The molecule has 0 bridgehead atoms. The molecule has 3 aliphatic carbocycles. The molecule has 3 aliphatic rings. The van der Waals surface area contributed by atoms with E-state index in [4.69, 9.17) is 0 Å². The maximum Gasteiger partial charge on any atom is 0.161 e. The second kappa shape index (κ2) is 10.2. The summed E-state index contributed by atoms with van der Waals surface area (Å²) in [5.74, 6) is 2.27. The van der Waals surface area contributed by atoms with Crippen molar-refractivity contribution in [1.82, 2.24) is 0 Å². The van der Waals surface area contributed by atoms with Crippen LogP contribution in [-0.2, 0) is 0 Å². The van der Waals surface area contributed by atoms with Crippen LogP contribution < -0.4 is 0 Å². The van der Waals surface area contributed by atoms with Crippen LogP contribution in [0.3, 0.4) is 0 Å². The van der Waals surface area contributed by atoms with Crippen LogP contribution in [0.1, 0.15) is 69.9 Å². The standard InChI is InChI=1S/C32H35F3/c1-20-3-6-22(7-4-20)23-8-12-25(13-9-23)28-18-16-27(19-30(28)33)24-10-14-26(15-11-24)29-17-5-21(2)31(34)32(29)35/h5,10-12,14-20,22-23,31-32H,3-4,6-9,13H2,1-2H3. The van der Waals surface area contributed by atoms with Crippen LogP contribution in [-0.4, -0.2) is 12.3 Å². The van der Waals surface area contributed by atoms with Crippen LogP contribution in [0.25, 0.3) is 22.3 Å². The summed E-state index contributed by atoms with van der Waals surface area (Å²) >= 11 is 0. The zero-order valence-electron chi connectivity index (χ0n) is 20.7. The summed E-state index contributed by atoms with van der Waals surface area (Å²) in [7, 11) is 0. The lowest BCUT2D eigenvalue weighted by atomic mass is 9.71. The minimum atomic E-state index is -1.66. The molecule has 3 unspecified atom stereocenters. The number of rotatable bonds is 4. The average Bonchev–Trinajstić information content (AvgIpc) is 2.88. The predicted octanol–water partition coefficient (Wildman–Crippen LogP) is 9.52. The van der Waals surface area contributed by atoms with Crippen LogP contribution in [0.15, 0.2) is 66.3 Å². The third kappa shape index (κ3) is 5.06. The van der Waals surface area contributed by atoms with Crippen molar-refractivity contribution in [2.75, 3.05) is 0 Å². The van der Waals surface area contributed by atoms with E-state index >= 15 is 4.39 Å². The van der Waals surface area contributed by atoms with Gasteiger partial charge in [-0.1, -0.05) is 74.4 Å². The lowest BCUT2D eigenvalue weighted by Crippen LogP contribution is -2.22. The minimum Gasteiger partial charge on any atom is -0.239 e. The third-order valence-electron chi connectivity index (χ3n) is 8.56. The molecular weight excluding hydrogens is 441 g/mol. The van der Waals surface area contributed by atoms with E-state index in [1.807, 2.05) is 24.3 Å². The summed E-state index contributed by atoms with van der Waals surface area (Å²) in [4.78, 5) is 0. The van der Waals surface area contributed by atoms with Crippen molar-refractivity contribution in [2.24, 2.45) is 17.8 Å². The second-order valence-corrected chi connectivity index (χ2v) is 10.9. The lowest BCUT2D eigenvalue weighted by molar-refractivity contribution is 0.202. The topological polar surface area (TPSA) is 0 Å². The molecule has 0 aliphatic heterocycles. The van der Waals surface area contributed by atoms with Gasteiger partial charge in [0.25, 0.3) is 0 Å². The first-order chi connectivity index (χ1) is 16.9. The molecule has 0 saturated heterocycles. The molecule has 0 heterocycles. The molecule has 0 radical (unpaired) electrons. The highest BCUT2D eigenvalue weighted by atomic mass is 19.2. The van der Waals surface area contributed by atoms with E-state index in [9.17, 15) is 8.78 Å². The summed E-state index contributed by atoms with van der Waals surface area (Å²) in [6, 6.07) is 12.7. The van der Waals surface area contributed by atoms with Crippen LogP contribution in [0.2, 0.25) is 0 Å². The van der Waals surface area contributed by atoms with E-state index < -0.39 is 12.3 Å². The molecule has 2 aromatic carbocycles. The Kier molecular flexibility index (Phi) is 7.05. The van der Waals surface area contributed by atoms with Crippen LogP contribution in [0.5, 0.6) is 0 Å². The fourth-order valence-corrected chi connectivity index (χ4v) is 6.14. The molecule has 3 heteroatoms. The number of hydrogen-bond donors (Lipinski definition) is 0. The first-order valence-corrected chi connectivity index (χ1v) is 13.2. The van der Waals surface area contributed by atoms with Crippen LogP contribution >= 0.6 is 0 Å². The first kappa shape index (κ1) is 24.2. The van der Waals surface area contributed by atoms with Crippen molar-refractivity contribution in [3.8, 4) is 11.1 Å². The fraction of sp³-hybridized carbons (Fsp3) is 0.438. The molecule has 2 aromatic rings. The maximum atomic E-state index is 15.2. The highest BCUT2D eigenvalue weighted by molar-refractivity contribution is 5.76. The quantitative estimate of drug-likeness (QED) is 0.412. The van der Waals surface area contributed by atoms with E-state index in [0.29, 0.717) is 22.3 Å². The van der Waals surface area contributed by atoms with E-state index in [1.54, 1.807) is 37.3 Å². The number of halogens is 3. The van der Waals surface area contributed by atoms with Gasteiger partial charge in [0.05, 0.1) is 0 Å². The number of benzene rings is 2. The smallest absolute Gasteiger partial charge is 0.161 e. The molecule has 35 heavy (non-hydrogen) atoms. The molecule has 0 nitrogen and oxygen atoms in total. The molecule has 184 valence electrons. The van der Waals surface area contributed by atoms with Gasteiger partial charge in [-0.15, -0.1) is 0 Å². The van der Waals surface area contributed by atoms with Gasteiger partial charge in [-0.2, -0.15) is 0 Å². The Labute approximate surface area is 207 Å². The Bertz CT molecular complexity index is 1150. The summed E-state index contributed by atoms with van der Waals surface area (Å²) in [6.07, 6.45) is 10.9. The Balaban J connectivity index is 1.28. The molecule has 3 atom stereocenters. The summed E-state index contributed by atoms with van der Waals surface area (Å²) in [5.41, 5.74) is 4.90. The van der Waals surface area contributed by atoms with Crippen molar-refractivity contribution in [3.63, 3.8) is 0 Å². The van der Waals surface area contributed by atoms with Gasteiger partial charge < -0.3 is 0 Å². The number of alkyl halides is 2. The highest BCUT2D eigenvalue weighted by Gasteiger charge is 2.30. The van der Waals surface area contributed by atoms with E-state index in [2.05, 4.69) is 13.0 Å². The summed E-state index contributed by atoms with van der Waals surface area (Å²) < 4.78 is 43.7. The van der Waals surface area contributed by atoms with E-state index in [1.165, 1.54) is 25.7 Å². The molecule has 0 spiro atoms. The normalized spacial score (nSPS) is 29.3. The van der Waals surface area contributed by atoms with Crippen LogP contribution in [0.4, 0.5) is 13.2 Å².